The lowest BCUT2D eigenvalue weighted by Gasteiger charge is -2.09. The van der Waals surface area contributed by atoms with E-state index in [1.54, 1.807) is 48.5 Å². The number of rotatable bonds is 5. The van der Waals surface area contributed by atoms with Crippen LogP contribution in [-0.4, -0.2) is 14.2 Å². The summed E-state index contributed by atoms with van der Waals surface area (Å²) < 4.78 is 27.1. The molecule has 3 rings (SSSR count). The van der Waals surface area contributed by atoms with Gasteiger partial charge in [0.25, 0.3) is 10.0 Å². The first-order valence-corrected chi connectivity index (χ1v) is 9.30. The van der Waals surface area contributed by atoms with E-state index in [9.17, 15) is 13.2 Å². The SMILES string of the molecule is O=C(c1ccccc1)c1ccc(NS(=O)(=O)c2ccc(Cl)cc2)cc1. The Bertz CT molecular complexity index is 983. The minimum Gasteiger partial charge on any atom is -0.289 e. The number of halogens is 1. The number of carbonyl (C=O) groups is 1. The molecule has 0 unspecified atom stereocenters. The van der Waals surface area contributed by atoms with Gasteiger partial charge >= 0.3 is 0 Å². The monoisotopic (exact) mass is 371 g/mol. The Morgan fingerprint density at radius 1 is 0.760 bits per heavy atom. The Morgan fingerprint density at radius 2 is 1.32 bits per heavy atom. The first-order chi connectivity index (χ1) is 12.0. The number of anilines is 1. The van der Waals surface area contributed by atoms with Gasteiger partial charge in [-0.3, -0.25) is 9.52 Å². The maximum absolute atomic E-state index is 12.3. The number of carbonyl (C=O) groups excluding carboxylic acids is 1. The molecular formula is C19H14ClNO3S. The molecule has 1 N–H and O–H groups in total. The Morgan fingerprint density at radius 3 is 1.92 bits per heavy atom. The van der Waals surface area contributed by atoms with Gasteiger partial charge in [0.2, 0.25) is 0 Å². The van der Waals surface area contributed by atoms with E-state index in [1.165, 1.54) is 24.3 Å². The van der Waals surface area contributed by atoms with Crippen molar-refractivity contribution in [3.05, 3.63) is 95.0 Å². The first-order valence-electron chi connectivity index (χ1n) is 7.44. The Labute approximate surface area is 151 Å². The van der Waals surface area contributed by atoms with E-state index in [1.807, 2.05) is 6.07 Å². The highest BCUT2D eigenvalue weighted by Crippen LogP contribution is 2.19. The van der Waals surface area contributed by atoms with Crippen molar-refractivity contribution in [2.45, 2.75) is 4.90 Å². The predicted molar refractivity (Wildman–Crippen MR) is 98.6 cm³/mol. The normalized spacial score (nSPS) is 11.1. The van der Waals surface area contributed by atoms with E-state index in [0.717, 1.165) is 0 Å². The average molecular weight is 372 g/mol. The molecule has 0 fully saturated rings. The Kier molecular flexibility index (Phi) is 4.88. The maximum atomic E-state index is 12.3. The largest absolute Gasteiger partial charge is 0.289 e. The number of nitrogens with one attached hydrogen (secondary N) is 1. The van der Waals surface area contributed by atoms with E-state index in [-0.39, 0.29) is 10.7 Å². The molecule has 0 radical (unpaired) electrons. The zero-order chi connectivity index (χ0) is 17.9. The van der Waals surface area contributed by atoms with Gasteiger partial charge in [-0.05, 0) is 48.5 Å². The average Bonchev–Trinajstić information content (AvgIpc) is 2.62. The fraction of sp³-hybridized carbons (Fsp3) is 0. The van der Waals surface area contributed by atoms with Crippen LogP contribution in [0.4, 0.5) is 5.69 Å². The summed E-state index contributed by atoms with van der Waals surface area (Å²) in [4.78, 5) is 12.5. The highest BCUT2D eigenvalue weighted by Gasteiger charge is 2.14. The second-order valence-electron chi connectivity index (χ2n) is 5.33. The highest BCUT2D eigenvalue weighted by atomic mass is 35.5. The third kappa shape index (κ3) is 4.07. The summed E-state index contributed by atoms with van der Waals surface area (Å²) in [6.45, 7) is 0. The molecule has 126 valence electrons. The van der Waals surface area contributed by atoms with Crippen molar-refractivity contribution in [2.75, 3.05) is 4.72 Å². The van der Waals surface area contributed by atoms with Crippen LogP contribution in [0.3, 0.4) is 0 Å². The lowest BCUT2D eigenvalue weighted by Crippen LogP contribution is -2.13. The van der Waals surface area contributed by atoms with Gasteiger partial charge < -0.3 is 0 Å². The quantitative estimate of drug-likeness (QED) is 0.677. The van der Waals surface area contributed by atoms with Crippen molar-refractivity contribution >= 4 is 33.1 Å². The van der Waals surface area contributed by atoms with E-state index >= 15 is 0 Å². The van der Waals surface area contributed by atoms with E-state index < -0.39 is 10.0 Å². The van der Waals surface area contributed by atoms with Crippen LogP contribution >= 0.6 is 11.6 Å². The Hall–Kier alpha value is -2.63. The molecule has 0 aliphatic rings. The number of hydrogen-bond acceptors (Lipinski definition) is 3. The third-order valence-corrected chi connectivity index (χ3v) is 5.21. The molecule has 0 spiro atoms. The molecule has 0 aliphatic heterocycles. The van der Waals surface area contributed by atoms with Gasteiger partial charge in [-0.2, -0.15) is 0 Å². The molecule has 3 aromatic carbocycles. The summed E-state index contributed by atoms with van der Waals surface area (Å²) in [5, 5.41) is 0.461. The topological polar surface area (TPSA) is 63.2 Å². The van der Waals surface area contributed by atoms with Crippen molar-refractivity contribution in [3.63, 3.8) is 0 Å². The smallest absolute Gasteiger partial charge is 0.261 e. The van der Waals surface area contributed by atoms with Gasteiger partial charge in [-0.15, -0.1) is 0 Å². The van der Waals surface area contributed by atoms with Crippen molar-refractivity contribution in [1.82, 2.24) is 0 Å². The Balaban J connectivity index is 1.79. The minimum atomic E-state index is -3.71. The standard InChI is InChI=1S/C19H14ClNO3S/c20-16-8-12-18(13-9-16)25(23,24)21-17-10-6-15(7-11-17)19(22)14-4-2-1-3-5-14/h1-13,21H. The second kappa shape index (κ2) is 7.09. The van der Waals surface area contributed by atoms with Crippen molar-refractivity contribution in [1.29, 1.82) is 0 Å². The zero-order valence-corrected chi connectivity index (χ0v) is 14.6. The van der Waals surface area contributed by atoms with Gasteiger partial charge in [-0.1, -0.05) is 41.9 Å². The molecule has 0 atom stereocenters. The molecular weight excluding hydrogens is 358 g/mol. The van der Waals surface area contributed by atoms with E-state index in [2.05, 4.69) is 4.72 Å². The lowest BCUT2D eigenvalue weighted by atomic mass is 10.0. The molecule has 0 aromatic heterocycles. The summed E-state index contributed by atoms with van der Waals surface area (Å²) in [5.41, 5.74) is 1.44. The first kappa shape index (κ1) is 17.2. The van der Waals surface area contributed by atoms with Crippen LogP contribution in [0, 0.1) is 0 Å². The molecule has 25 heavy (non-hydrogen) atoms. The van der Waals surface area contributed by atoms with Crippen LogP contribution in [0.5, 0.6) is 0 Å². The molecule has 6 heteroatoms. The molecule has 3 aromatic rings. The second-order valence-corrected chi connectivity index (χ2v) is 7.45. The van der Waals surface area contributed by atoms with E-state index in [0.29, 0.717) is 21.8 Å². The van der Waals surface area contributed by atoms with Crippen LogP contribution in [0.15, 0.2) is 83.8 Å². The van der Waals surface area contributed by atoms with E-state index in [4.69, 9.17) is 11.6 Å². The summed E-state index contributed by atoms with van der Waals surface area (Å²) in [7, 11) is -3.71. The predicted octanol–water partition coefficient (Wildman–Crippen LogP) is 4.37. The summed E-state index contributed by atoms with van der Waals surface area (Å²) in [5.74, 6) is -0.118. The number of benzene rings is 3. The lowest BCUT2D eigenvalue weighted by molar-refractivity contribution is 0.103. The summed E-state index contributed by atoms with van der Waals surface area (Å²) >= 11 is 5.77. The zero-order valence-electron chi connectivity index (χ0n) is 13.0. The summed E-state index contributed by atoms with van der Waals surface area (Å²) in [6, 6.07) is 21.1. The van der Waals surface area contributed by atoms with Gasteiger partial charge in [0, 0.05) is 21.8 Å². The fourth-order valence-electron chi connectivity index (χ4n) is 2.27. The van der Waals surface area contributed by atoms with Crippen molar-refractivity contribution in [3.8, 4) is 0 Å². The summed E-state index contributed by atoms with van der Waals surface area (Å²) in [6.07, 6.45) is 0. The molecule has 4 nitrogen and oxygen atoms in total. The van der Waals surface area contributed by atoms with Crippen LogP contribution in [0.25, 0.3) is 0 Å². The number of ketones is 1. The number of sulfonamides is 1. The van der Waals surface area contributed by atoms with Crippen molar-refractivity contribution < 1.29 is 13.2 Å². The molecule has 0 amide bonds. The molecule has 0 saturated heterocycles. The highest BCUT2D eigenvalue weighted by molar-refractivity contribution is 7.92. The van der Waals surface area contributed by atoms with Gasteiger partial charge in [0.15, 0.2) is 5.78 Å². The maximum Gasteiger partial charge on any atom is 0.261 e. The molecule has 0 aliphatic carbocycles. The van der Waals surface area contributed by atoms with Crippen molar-refractivity contribution in [2.24, 2.45) is 0 Å². The van der Waals surface area contributed by atoms with Gasteiger partial charge in [0.1, 0.15) is 0 Å². The van der Waals surface area contributed by atoms with Gasteiger partial charge in [-0.25, -0.2) is 8.42 Å². The van der Waals surface area contributed by atoms with Crippen LogP contribution in [0.2, 0.25) is 5.02 Å². The molecule has 0 saturated carbocycles. The van der Waals surface area contributed by atoms with Gasteiger partial charge in [0.05, 0.1) is 4.90 Å². The molecule has 0 heterocycles. The van der Waals surface area contributed by atoms with Crippen LogP contribution in [0.1, 0.15) is 15.9 Å². The van der Waals surface area contributed by atoms with Crippen LogP contribution in [-0.2, 0) is 10.0 Å². The molecule has 0 bridgehead atoms. The minimum absolute atomic E-state index is 0.112. The number of hydrogen-bond donors (Lipinski definition) is 1. The van der Waals surface area contributed by atoms with Crippen LogP contribution < -0.4 is 4.72 Å². The fourth-order valence-corrected chi connectivity index (χ4v) is 3.46. The third-order valence-electron chi connectivity index (χ3n) is 3.56.